The predicted molar refractivity (Wildman–Crippen MR) is 79.1 cm³/mol. The maximum Gasteiger partial charge on any atom is 0.339 e. The first-order valence-corrected chi connectivity index (χ1v) is 7.29. The number of carbonyl (C=O) groups is 2. The minimum atomic E-state index is -0.766. The Morgan fingerprint density at radius 1 is 1.27 bits per heavy atom. The summed E-state index contributed by atoms with van der Waals surface area (Å²) >= 11 is 0. The van der Waals surface area contributed by atoms with Gasteiger partial charge in [0.2, 0.25) is 0 Å². The Balaban J connectivity index is 1.76. The highest BCUT2D eigenvalue weighted by molar-refractivity contribution is 5.95. The molecule has 5 nitrogen and oxygen atoms in total. The minimum absolute atomic E-state index is 0.193. The van der Waals surface area contributed by atoms with E-state index < -0.39 is 12.1 Å². The molecule has 114 valence electrons. The summed E-state index contributed by atoms with van der Waals surface area (Å²) in [4.78, 5) is 26.3. The molecule has 0 fully saturated rings. The van der Waals surface area contributed by atoms with Gasteiger partial charge in [-0.25, -0.2) is 4.79 Å². The smallest absolute Gasteiger partial charge is 0.339 e. The van der Waals surface area contributed by atoms with Crippen molar-refractivity contribution in [3.05, 3.63) is 59.5 Å². The largest absolute Gasteiger partial charge is 0.467 e. The molecule has 1 aliphatic heterocycles. The van der Waals surface area contributed by atoms with Gasteiger partial charge in [0, 0.05) is 13.0 Å². The molecule has 0 saturated carbocycles. The van der Waals surface area contributed by atoms with Crippen molar-refractivity contribution < 1.29 is 18.7 Å². The molecule has 0 bridgehead atoms. The van der Waals surface area contributed by atoms with Crippen molar-refractivity contribution in [1.82, 2.24) is 4.90 Å². The maximum atomic E-state index is 12.6. The Morgan fingerprint density at radius 2 is 2.09 bits per heavy atom. The van der Waals surface area contributed by atoms with Crippen molar-refractivity contribution in [2.45, 2.75) is 26.0 Å². The van der Waals surface area contributed by atoms with E-state index in [-0.39, 0.29) is 5.91 Å². The van der Waals surface area contributed by atoms with Gasteiger partial charge in [0.1, 0.15) is 5.76 Å². The molecule has 0 aliphatic carbocycles. The summed E-state index contributed by atoms with van der Waals surface area (Å²) in [6, 6.07) is 10.8. The highest BCUT2D eigenvalue weighted by atomic mass is 16.5. The number of hydrogen-bond acceptors (Lipinski definition) is 4. The predicted octanol–water partition coefficient (Wildman–Crippen LogP) is 2.41. The molecule has 3 rings (SSSR count). The molecular weight excluding hydrogens is 282 g/mol. The first-order valence-electron chi connectivity index (χ1n) is 7.29. The molecule has 1 aromatic heterocycles. The van der Waals surface area contributed by atoms with Gasteiger partial charge in [0.15, 0.2) is 6.10 Å². The fraction of sp³-hybridized carbons (Fsp3) is 0.294. The standard InChI is InChI=1S/C17H17NO4/c1-2-18(11-13-7-5-9-21-13)16(19)15-10-12-6-3-4-8-14(12)17(20)22-15/h3-9,15H,2,10-11H2,1H3/t15-/m0/s1. The number of benzene rings is 1. The van der Waals surface area contributed by atoms with Crippen LogP contribution in [-0.2, 0) is 22.5 Å². The van der Waals surface area contributed by atoms with E-state index in [1.807, 2.05) is 25.1 Å². The van der Waals surface area contributed by atoms with Crippen LogP contribution in [0, 0.1) is 0 Å². The van der Waals surface area contributed by atoms with Gasteiger partial charge in [-0.2, -0.15) is 0 Å². The Hall–Kier alpha value is -2.56. The SMILES string of the molecule is CCN(Cc1ccco1)C(=O)[C@@H]1Cc2ccccc2C(=O)O1. The third-order valence-electron chi connectivity index (χ3n) is 3.79. The van der Waals surface area contributed by atoms with Gasteiger partial charge >= 0.3 is 5.97 Å². The molecule has 0 saturated heterocycles. The average molecular weight is 299 g/mol. The lowest BCUT2D eigenvalue weighted by molar-refractivity contribution is -0.141. The number of fused-ring (bicyclic) bond motifs is 1. The number of carbonyl (C=O) groups excluding carboxylic acids is 2. The van der Waals surface area contributed by atoms with Crippen LogP contribution in [0.3, 0.4) is 0 Å². The molecule has 0 unspecified atom stereocenters. The van der Waals surface area contributed by atoms with Crippen LogP contribution in [0.2, 0.25) is 0 Å². The van der Waals surface area contributed by atoms with E-state index in [1.165, 1.54) is 0 Å². The zero-order valence-corrected chi connectivity index (χ0v) is 12.3. The van der Waals surface area contributed by atoms with Gasteiger partial charge in [0.25, 0.3) is 5.91 Å². The lowest BCUT2D eigenvalue weighted by Gasteiger charge is -2.28. The zero-order valence-electron chi connectivity index (χ0n) is 12.3. The molecule has 0 radical (unpaired) electrons. The molecular formula is C17H17NO4. The Morgan fingerprint density at radius 3 is 2.82 bits per heavy atom. The quantitative estimate of drug-likeness (QED) is 0.813. The highest BCUT2D eigenvalue weighted by Gasteiger charge is 2.33. The van der Waals surface area contributed by atoms with Crippen LogP contribution in [0.15, 0.2) is 47.1 Å². The first kappa shape index (κ1) is 14.4. The van der Waals surface area contributed by atoms with Gasteiger partial charge in [0.05, 0.1) is 18.4 Å². The summed E-state index contributed by atoms with van der Waals surface area (Å²) in [5, 5.41) is 0. The van der Waals surface area contributed by atoms with Crippen LogP contribution in [0.25, 0.3) is 0 Å². The Labute approximate surface area is 128 Å². The van der Waals surface area contributed by atoms with Gasteiger partial charge in [-0.05, 0) is 30.7 Å². The van der Waals surface area contributed by atoms with Crippen molar-refractivity contribution in [3.63, 3.8) is 0 Å². The number of ether oxygens (including phenoxy) is 1. The lowest BCUT2D eigenvalue weighted by Crippen LogP contribution is -2.44. The number of nitrogens with zero attached hydrogens (tertiary/aromatic N) is 1. The second-order valence-corrected chi connectivity index (χ2v) is 5.19. The van der Waals surface area contributed by atoms with Crippen LogP contribution in [0.5, 0.6) is 0 Å². The van der Waals surface area contributed by atoms with Gasteiger partial charge in [-0.3, -0.25) is 4.79 Å². The molecule has 1 aromatic carbocycles. The number of likely N-dealkylation sites (N-methyl/N-ethyl adjacent to an activating group) is 1. The van der Waals surface area contributed by atoms with Crippen LogP contribution in [0.1, 0.15) is 28.6 Å². The van der Waals surface area contributed by atoms with Gasteiger partial charge in [-0.15, -0.1) is 0 Å². The summed E-state index contributed by atoms with van der Waals surface area (Å²) in [5.74, 6) is 0.0775. The minimum Gasteiger partial charge on any atom is -0.467 e. The van der Waals surface area contributed by atoms with E-state index in [9.17, 15) is 9.59 Å². The molecule has 0 spiro atoms. The van der Waals surface area contributed by atoms with E-state index in [0.717, 1.165) is 5.56 Å². The summed E-state index contributed by atoms with van der Waals surface area (Å²) in [6.07, 6.45) is 1.22. The van der Waals surface area contributed by atoms with E-state index >= 15 is 0 Å². The monoisotopic (exact) mass is 299 g/mol. The van der Waals surface area contributed by atoms with Crippen molar-refractivity contribution in [2.24, 2.45) is 0 Å². The summed E-state index contributed by atoms with van der Waals surface area (Å²) in [6.45, 7) is 2.78. The van der Waals surface area contributed by atoms with Crippen molar-refractivity contribution in [3.8, 4) is 0 Å². The number of hydrogen-bond donors (Lipinski definition) is 0. The third-order valence-corrected chi connectivity index (χ3v) is 3.79. The molecule has 5 heteroatoms. The highest BCUT2D eigenvalue weighted by Crippen LogP contribution is 2.22. The number of furan rings is 1. The number of amides is 1. The normalized spacial score (nSPS) is 16.8. The molecule has 22 heavy (non-hydrogen) atoms. The summed E-state index contributed by atoms with van der Waals surface area (Å²) < 4.78 is 10.6. The number of rotatable bonds is 4. The average Bonchev–Trinajstić information content (AvgIpc) is 3.05. The Bertz CT molecular complexity index is 678. The third kappa shape index (κ3) is 2.74. The van der Waals surface area contributed by atoms with E-state index in [1.54, 1.807) is 29.4 Å². The second kappa shape index (κ2) is 6.05. The van der Waals surface area contributed by atoms with Crippen molar-refractivity contribution in [2.75, 3.05) is 6.54 Å². The van der Waals surface area contributed by atoms with Crippen LogP contribution >= 0.6 is 0 Å². The Kier molecular flexibility index (Phi) is 3.96. The van der Waals surface area contributed by atoms with Gasteiger partial charge < -0.3 is 14.1 Å². The zero-order chi connectivity index (χ0) is 15.5. The van der Waals surface area contributed by atoms with Crippen LogP contribution in [0.4, 0.5) is 0 Å². The molecule has 2 aromatic rings. The van der Waals surface area contributed by atoms with E-state index in [2.05, 4.69) is 0 Å². The maximum absolute atomic E-state index is 12.6. The molecule has 1 amide bonds. The van der Waals surface area contributed by atoms with E-state index in [4.69, 9.17) is 9.15 Å². The van der Waals surface area contributed by atoms with Gasteiger partial charge in [-0.1, -0.05) is 18.2 Å². The fourth-order valence-corrected chi connectivity index (χ4v) is 2.61. The summed E-state index contributed by atoms with van der Waals surface area (Å²) in [5.41, 5.74) is 1.40. The number of esters is 1. The van der Waals surface area contributed by atoms with Crippen LogP contribution < -0.4 is 0 Å². The second-order valence-electron chi connectivity index (χ2n) is 5.19. The van der Waals surface area contributed by atoms with E-state index in [0.29, 0.717) is 30.8 Å². The first-order chi connectivity index (χ1) is 10.7. The molecule has 1 atom stereocenters. The fourth-order valence-electron chi connectivity index (χ4n) is 2.61. The van der Waals surface area contributed by atoms with Crippen molar-refractivity contribution in [1.29, 1.82) is 0 Å². The number of cyclic esters (lactones) is 1. The summed E-state index contributed by atoms with van der Waals surface area (Å²) in [7, 11) is 0. The lowest BCUT2D eigenvalue weighted by atomic mass is 9.98. The molecule has 2 heterocycles. The molecule has 0 N–H and O–H groups in total. The molecule has 1 aliphatic rings. The topological polar surface area (TPSA) is 59.8 Å². The van der Waals surface area contributed by atoms with Crippen molar-refractivity contribution >= 4 is 11.9 Å². The van der Waals surface area contributed by atoms with Crippen LogP contribution in [-0.4, -0.2) is 29.4 Å².